The zero-order chi connectivity index (χ0) is 13.3. The Labute approximate surface area is 104 Å². The molecule has 1 aliphatic heterocycles. The van der Waals surface area contributed by atoms with Crippen LogP contribution in [-0.4, -0.2) is 36.1 Å². The summed E-state index contributed by atoms with van der Waals surface area (Å²) in [7, 11) is 0. The van der Waals surface area contributed by atoms with Gasteiger partial charge in [0.1, 0.15) is 11.6 Å². The summed E-state index contributed by atoms with van der Waals surface area (Å²) in [4.78, 5) is 13.7. The van der Waals surface area contributed by atoms with Gasteiger partial charge in [0.25, 0.3) is 5.91 Å². The van der Waals surface area contributed by atoms with E-state index in [2.05, 4.69) is 0 Å². The summed E-state index contributed by atoms with van der Waals surface area (Å²) in [5.74, 6) is -1.85. The van der Waals surface area contributed by atoms with Gasteiger partial charge < -0.3 is 9.64 Å². The number of nitrogens with zero attached hydrogens (tertiary/aromatic N) is 1. The van der Waals surface area contributed by atoms with E-state index in [1.165, 1.54) is 0 Å². The van der Waals surface area contributed by atoms with Crippen LogP contribution in [0.3, 0.4) is 0 Å². The van der Waals surface area contributed by atoms with E-state index in [4.69, 9.17) is 4.74 Å². The minimum Gasteiger partial charge on any atom is -0.372 e. The van der Waals surface area contributed by atoms with Gasteiger partial charge in [-0.25, -0.2) is 8.78 Å². The van der Waals surface area contributed by atoms with Gasteiger partial charge in [-0.1, -0.05) is 0 Å². The number of amides is 1. The van der Waals surface area contributed by atoms with Gasteiger partial charge in [-0.3, -0.25) is 4.79 Å². The second-order valence-corrected chi connectivity index (χ2v) is 4.63. The molecule has 1 aromatic carbocycles. The molecule has 1 aromatic rings. The van der Waals surface area contributed by atoms with Crippen molar-refractivity contribution in [2.45, 2.75) is 26.1 Å². The molecule has 1 saturated heterocycles. The molecule has 1 fully saturated rings. The number of morpholine rings is 1. The quantitative estimate of drug-likeness (QED) is 0.770. The third kappa shape index (κ3) is 2.85. The average molecular weight is 255 g/mol. The van der Waals surface area contributed by atoms with E-state index < -0.39 is 11.6 Å². The zero-order valence-corrected chi connectivity index (χ0v) is 10.3. The van der Waals surface area contributed by atoms with Crippen LogP contribution in [0.15, 0.2) is 18.2 Å². The third-order valence-electron chi connectivity index (χ3n) is 2.82. The summed E-state index contributed by atoms with van der Waals surface area (Å²) in [6, 6.07) is 2.85. The highest BCUT2D eigenvalue weighted by Gasteiger charge is 2.27. The van der Waals surface area contributed by atoms with Crippen molar-refractivity contribution in [2.75, 3.05) is 13.1 Å². The number of benzene rings is 1. The molecule has 2 unspecified atom stereocenters. The Balaban J connectivity index is 2.20. The number of carbonyl (C=O) groups excluding carboxylic acids is 1. The normalized spacial score (nSPS) is 24.1. The van der Waals surface area contributed by atoms with Crippen LogP contribution in [0.4, 0.5) is 8.78 Å². The molecule has 0 aromatic heterocycles. The number of ether oxygens (including phenoxy) is 1. The first kappa shape index (κ1) is 13.0. The highest BCUT2D eigenvalue weighted by molar-refractivity contribution is 5.94. The molecule has 5 heteroatoms. The number of carbonyl (C=O) groups is 1. The number of rotatable bonds is 1. The molecule has 1 amide bonds. The monoisotopic (exact) mass is 255 g/mol. The molecule has 0 aliphatic carbocycles. The second-order valence-electron chi connectivity index (χ2n) is 4.63. The third-order valence-corrected chi connectivity index (χ3v) is 2.82. The Kier molecular flexibility index (Phi) is 3.61. The maximum Gasteiger partial charge on any atom is 0.254 e. The molecule has 2 rings (SSSR count). The predicted octanol–water partition coefficient (Wildman–Crippen LogP) is 2.21. The van der Waals surface area contributed by atoms with Gasteiger partial charge in [0.2, 0.25) is 0 Å². The van der Waals surface area contributed by atoms with E-state index in [-0.39, 0.29) is 23.7 Å². The van der Waals surface area contributed by atoms with Crippen molar-refractivity contribution < 1.29 is 18.3 Å². The molecule has 3 nitrogen and oxygen atoms in total. The van der Waals surface area contributed by atoms with Crippen molar-refractivity contribution >= 4 is 5.91 Å². The average Bonchev–Trinajstić information content (AvgIpc) is 2.25. The van der Waals surface area contributed by atoms with Gasteiger partial charge in [0.05, 0.1) is 12.2 Å². The molecule has 0 radical (unpaired) electrons. The number of hydrogen-bond donors (Lipinski definition) is 0. The first-order valence-electron chi connectivity index (χ1n) is 5.86. The zero-order valence-electron chi connectivity index (χ0n) is 10.3. The van der Waals surface area contributed by atoms with Crippen LogP contribution in [0.25, 0.3) is 0 Å². The maximum atomic E-state index is 13.1. The number of halogens is 2. The fourth-order valence-electron chi connectivity index (χ4n) is 2.20. The van der Waals surface area contributed by atoms with Gasteiger partial charge in [-0.05, 0) is 26.0 Å². The predicted molar refractivity (Wildman–Crippen MR) is 62.3 cm³/mol. The topological polar surface area (TPSA) is 29.5 Å². The molecule has 0 saturated carbocycles. The lowest BCUT2D eigenvalue weighted by molar-refractivity contribution is -0.0586. The molecule has 0 bridgehead atoms. The maximum absolute atomic E-state index is 13.1. The van der Waals surface area contributed by atoms with Crippen molar-refractivity contribution in [3.05, 3.63) is 35.4 Å². The summed E-state index contributed by atoms with van der Waals surface area (Å²) < 4.78 is 31.7. The van der Waals surface area contributed by atoms with Gasteiger partial charge in [0, 0.05) is 24.7 Å². The Morgan fingerprint density at radius 3 is 2.17 bits per heavy atom. The second kappa shape index (κ2) is 5.02. The van der Waals surface area contributed by atoms with Crippen molar-refractivity contribution in [1.29, 1.82) is 0 Å². The summed E-state index contributed by atoms with van der Waals surface area (Å²) in [5, 5.41) is 0. The lowest BCUT2D eigenvalue weighted by Crippen LogP contribution is -2.48. The lowest BCUT2D eigenvalue weighted by atomic mass is 10.1. The molecule has 2 atom stereocenters. The highest BCUT2D eigenvalue weighted by atomic mass is 19.1. The van der Waals surface area contributed by atoms with Crippen LogP contribution >= 0.6 is 0 Å². The standard InChI is InChI=1S/C13H15F2NO2/c1-8-6-16(7-9(2)18-8)13(17)10-3-11(14)5-12(15)4-10/h3-5,8-9H,6-7H2,1-2H3. The minimum absolute atomic E-state index is 0.0359. The van der Waals surface area contributed by atoms with Crippen LogP contribution in [0.1, 0.15) is 24.2 Å². The Morgan fingerprint density at radius 2 is 1.67 bits per heavy atom. The Morgan fingerprint density at radius 1 is 1.17 bits per heavy atom. The molecule has 1 heterocycles. The van der Waals surface area contributed by atoms with Crippen LogP contribution in [0.2, 0.25) is 0 Å². The van der Waals surface area contributed by atoms with Crippen molar-refractivity contribution in [2.24, 2.45) is 0 Å². The molecular weight excluding hydrogens is 240 g/mol. The van der Waals surface area contributed by atoms with Crippen molar-refractivity contribution in [1.82, 2.24) is 4.90 Å². The fourth-order valence-corrected chi connectivity index (χ4v) is 2.20. The van der Waals surface area contributed by atoms with E-state index in [1.807, 2.05) is 13.8 Å². The Hall–Kier alpha value is -1.49. The molecular formula is C13H15F2NO2. The SMILES string of the molecule is CC1CN(C(=O)c2cc(F)cc(F)c2)CC(C)O1. The van der Waals surface area contributed by atoms with Crippen molar-refractivity contribution in [3.8, 4) is 0 Å². The summed E-state index contributed by atoms with van der Waals surface area (Å²) >= 11 is 0. The summed E-state index contributed by atoms with van der Waals surface area (Å²) in [6.45, 7) is 4.59. The largest absolute Gasteiger partial charge is 0.372 e. The fraction of sp³-hybridized carbons (Fsp3) is 0.462. The summed E-state index contributed by atoms with van der Waals surface area (Å²) in [6.07, 6.45) is -0.146. The Bertz CT molecular complexity index is 434. The minimum atomic E-state index is -0.743. The first-order chi connectivity index (χ1) is 8.45. The van der Waals surface area contributed by atoms with Crippen LogP contribution in [-0.2, 0) is 4.74 Å². The smallest absolute Gasteiger partial charge is 0.254 e. The van der Waals surface area contributed by atoms with E-state index >= 15 is 0 Å². The molecule has 0 N–H and O–H groups in total. The molecule has 98 valence electrons. The van der Waals surface area contributed by atoms with Crippen LogP contribution in [0, 0.1) is 11.6 Å². The number of hydrogen-bond acceptors (Lipinski definition) is 2. The lowest BCUT2D eigenvalue weighted by Gasteiger charge is -2.35. The van der Waals surface area contributed by atoms with E-state index in [9.17, 15) is 13.6 Å². The van der Waals surface area contributed by atoms with Crippen LogP contribution in [0.5, 0.6) is 0 Å². The van der Waals surface area contributed by atoms with Gasteiger partial charge in [-0.15, -0.1) is 0 Å². The molecule has 18 heavy (non-hydrogen) atoms. The van der Waals surface area contributed by atoms with Gasteiger partial charge >= 0.3 is 0 Å². The van der Waals surface area contributed by atoms with Gasteiger partial charge in [-0.2, -0.15) is 0 Å². The first-order valence-corrected chi connectivity index (χ1v) is 5.86. The van der Waals surface area contributed by atoms with E-state index in [0.29, 0.717) is 13.1 Å². The molecule has 1 aliphatic rings. The van der Waals surface area contributed by atoms with Crippen molar-refractivity contribution in [3.63, 3.8) is 0 Å². The highest BCUT2D eigenvalue weighted by Crippen LogP contribution is 2.16. The summed E-state index contributed by atoms with van der Waals surface area (Å²) in [5.41, 5.74) is 0.0359. The van der Waals surface area contributed by atoms with Gasteiger partial charge in [0.15, 0.2) is 0 Å². The van der Waals surface area contributed by atoms with E-state index in [1.54, 1.807) is 4.90 Å². The van der Waals surface area contributed by atoms with Crippen LogP contribution < -0.4 is 0 Å². The van der Waals surface area contributed by atoms with E-state index in [0.717, 1.165) is 18.2 Å². The molecule has 0 spiro atoms.